The zero-order valence-corrected chi connectivity index (χ0v) is 34.1. The first-order chi connectivity index (χ1) is 30.1. The summed E-state index contributed by atoms with van der Waals surface area (Å²) < 4.78 is 10.6. The number of H-pyrrole nitrogens is 4. The quantitative estimate of drug-likeness (QED) is 0.106. The van der Waals surface area contributed by atoms with Crippen molar-refractivity contribution >= 4 is 61.3 Å². The summed E-state index contributed by atoms with van der Waals surface area (Å²) in [7, 11) is 3.39. The largest absolute Gasteiger partial charge is 0.497 e. The lowest BCUT2D eigenvalue weighted by atomic mass is 9.92. The Bertz CT molecular complexity index is 3100. The molecule has 15 heteroatoms. The van der Waals surface area contributed by atoms with Crippen LogP contribution in [0.2, 0.25) is 5.15 Å². The number of para-hydroxylation sites is 2. The molecule has 4 aromatic carbocycles. The Morgan fingerprint density at radius 3 is 1.84 bits per heavy atom. The van der Waals surface area contributed by atoms with Crippen LogP contribution in [0.5, 0.6) is 11.5 Å². The smallest absolute Gasteiger partial charge is 0.160 e. The number of hydrogen-bond acceptors (Lipinski definition) is 10. The van der Waals surface area contributed by atoms with Crippen molar-refractivity contribution in [2.75, 3.05) is 32.2 Å². The average molecular weight is 829 g/mol. The molecule has 6 aromatic heterocycles. The molecule has 0 bridgehead atoms. The number of ether oxygens (including phenoxy) is 2. The Labute approximate surface area is 354 Å². The van der Waals surface area contributed by atoms with Gasteiger partial charge in [0.05, 0.1) is 49.5 Å². The minimum atomic E-state index is 0.0000520. The molecular weight excluding hydrogens is 788 g/mol. The van der Waals surface area contributed by atoms with Gasteiger partial charge in [0.15, 0.2) is 11.3 Å². The number of nitrogens with one attached hydrogen (secondary N) is 5. The summed E-state index contributed by atoms with van der Waals surface area (Å²) in [6.07, 6.45) is 8.40. The molecule has 2 aliphatic heterocycles. The van der Waals surface area contributed by atoms with E-state index in [1.54, 1.807) is 32.9 Å². The fourth-order valence-electron chi connectivity index (χ4n) is 8.58. The molecule has 2 aliphatic rings. The minimum absolute atomic E-state index is 0.0000520. The lowest BCUT2D eigenvalue weighted by Crippen LogP contribution is -2.36. The monoisotopic (exact) mass is 828 g/mol. The maximum Gasteiger partial charge on any atom is 0.160 e. The lowest BCUT2D eigenvalue weighted by molar-refractivity contribution is 0.414. The molecular formula is C46H41ClN12O2. The molecule has 0 spiro atoms. The number of fused-ring (bicyclic) bond motifs is 8. The van der Waals surface area contributed by atoms with Crippen molar-refractivity contribution < 1.29 is 9.47 Å². The minimum Gasteiger partial charge on any atom is -0.497 e. The molecule has 0 radical (unpaired) electrons. The summed E-state index contributed by atoms with van der Waals surface area (Å²) in [6, 6.07) is 33.9. The first kappa shape index (κ1) is 37.9. The highest BCUT2D eigenvalue weighted by Gasteiger charge is 2.34. The third kappa shape index (κ3) is 7.15. The van der Waals surface area contributed by atoms with Crippen LogP contribution in [0.3, 0.4) is 0 Å². The Hall–Kier alpha value is -7.29. The van der Waals surface area contributed by atoms with Crippen LogP contribution >= 0.6 is 11.6 Å². The first-order valence-electron chi connectivity index (χ1n) is 20.0. The van der Waals surface area contributed by atoms with E-state index in [0.717, 1.165) is 59.7 Å². The van der Waals surface area contributed by atoms with Gasteiger partial charge in [-0.1, -0.05) is 72.3 Å². The molecule has 61 heavy (non-hydrogen) atoms. The van der Waals surface area contributed by atoms with Gasteiger partial charge in [-0.15, -0.1) is 0 Å². The Balaban J connectivity index is 0.000000124. The highest BCUT2D eigenvalue weighted by Crippen LogP contribution is 2.42. The third-order valence-electron chi connectivity index (χ3n) is 11.5. The number of aromatic amines is 4. The number of halogens is 1. The van der Waals surface area contributed by atoms with Crippen LogP contribution < -0.4 is 19.7 Å². The van der Waals surface area contributed by atoms with E-state index in [9.17, 15) is 0 Å². The van der Waals surface area contributed by atoms with Crippen molar-refractivity contribution in [3.05, 3.63) is 161 Å². The fourth-order valence-corrected chi connectivity index (χ4v) is 8.76. The van der Waals surface area contributed by atoms with Gasteiger partial charge in [-0.25, -0.2) is 19.9 Å². The van der Waals surface area contributed by atoms with Crippen molar-refractivity contribution in [3.63, 3.8) is 0 Å². The Morgan fingerprint density at radius 1 is 0.607 bits per heavy atom. The van der Waals surface area contributed by atoms with E-state index in [1.807, 2.05) is 24.3 Å². The van der Waals surface area contributed by atoms with E-state index in [2.05, 4.69) is 133 Å². The van der Waals surface area contributed by atoms with Gasteiger partial charge >= 0.3 is 0 Å². The van der Waals surface area contributed by atoms with Crippen LogP contribution in [0.4, 0.5) is 5.82 Å². The molecule has 8 heterocycles. The van der Waals surface area contributed by atoms with E-state index in [1.165, 1.54) is 61.8 Å². The van der Waals surface area contributed by atoms with Gasteiger partial charge in [0, 0.05) is 46.3 Å². The van der Waals surface area contributed by atoms with Crippen molar-refractivity contribution in [3.8, 4) is 11.5 Å². The van der Waals surface area contributed by atoms with Gasteiger partial charge in [-0.2, -0.15) is 10.2 Å². The molecule has 14 nitrogen and oxygen atoms in total. The van der Waals surface area contributed by atoms with Crippen LogP contribution in [0.15, 0.2) is 122 Å². The number of methoxy groups -OCH3 is 2. The van der Waals surface area contributed by atoms with Gasteiger partial charge < -0.3 is 29.7 Å². The molecule has 12 rings (SSSR count). The van der Waals surface area contributed by atoms with Crippen LogP contribution in [0.1, 0.15) is 45.7 Å². The maximum atomic E-state index is 5.69. The van der Waals surface area contributed by atoms with Crippen molar-refractivity contribution in [2.24, 2.45) is 0 Å². The first-order valence-corrected chi connectivity index (χ1v) is 20.4. The zero-order valence-electron chi connectivity index (χ0n) is 33.4. The molecule has 5 N–H and O–H groups in total. The molecule has 2 atom stereocenters. The number of anilines is 1. The number of rotatable bonds is 5. The standard InChI is InChI=1S/C23H20N6O.C18H18N2O.C5H3ClN4/c1-30-15-8-6-14(7-9-15)21-20-17(16-4-2-3-5-19(16)27-20)10-11-29(21)23-18-12-26-28-22(18)24-13-25-23;1-21-13-8-6-12(7-9-13)17-18-15(10-11-19-17)14-4-2-3-5-16(14)20-18;6-4-3-1-9-10-5(3)8-2-7-4/h2-9,12-13,21,27H,10-11H2,1H3,(H,24,25,26,28);2-9,17,19-20H,10-11H2,1H3;1-2H,(H,7,8,9,10). The van der Waals surface area contributed by atoms with Crippen LogP contribution in [0, 0.1) is 0 Å². The summed E-state index contributed by atoms with van der Waals surface area (Å²) in [5, 5.41) is 21.9. The summed E-state index contributed by atoms with van der Waals surface area (Å²) in [6.45, 7) is 1.86. The van der Waals surface area contributed by atoms with Crippen molar-refractivity contribution in [1.82, 2.24) is 55.6 Å². The zero-order chi connectivity index (χ0) is 41.3. The molecule has 2 unspecified atom stereocenters. The van der Waals surface area contributed by atoms with Crippen molar-refractivity contribution in [2.45, 2.75) is 24.9 Å². The molecule has 304 valence electrons. The van der Waals surface area contributed by atoms with E-state index in [0.29, 0.717) is 10.8 Å². The van der Waals surface area contributed by atoms with E-state index >= 15 is 0 Å². The Kier molecular flexibility index (Phi) is 10.2. The predicted molar refractivity (Wildman–Crippen MR) is 237 cm³/mol. The molecule has 0 amide bonds. The average Bonchev–Trinajstić information content (AvgIpc) is 4.14. The van der Waals surface area contributed by atoms with Gasteiger partial charge in [-0.05, 0) is 71.5 Å². The predicted octanol–water partition coefficient (Wildman–Crippen LogP) is 8.41. The summed E-state index contributed by atoms with van der Waals surface area (Å²) >= 11 is 5.69. The highest BCUT2D eigenvalue weighted by molar-refractivity contribution is 6.33. The Morgan fingerprint density at radius 2 is 1.18 bits per heavy atom. The lowest BCUT2D eigenvalue weighted by Gasteiger charge is -2.37. The summed E-state index contributed by atoms with van der Waals surface area (Å²) in [5.41, 5.74) is 11.6. The highest BCUT2D eigenvalue weighted by atomic mass is 35.5. The normalized spacial score (nSPS) is 15.8. The van der Waals surface area contributed by atoms with Gasteiger partial charge in [0.25, 0.3) is 0 Å². The van der Waals surface area contributed by atoms with Gasteiger partial charge in [0.1, 0.15) is 35.1 Å². The third-order valence-corrected chi connectivity index (χ3v) is 11.8. The van der Waals surface area contributed by atoms with E-state index in [-0.39, 0.29) is 12.1 Å². The molecule has 0 fully saturated rings. The number of aromatic nitrogens is 10. The van der Waals surface area contributed by atoms with E-state index in [4.69, 9.17) is 21.1 Å². The molecule has 0 aliphatic carbocycles. The van der Waals surface area contributed by atoms with Crippen LogP contribution in [-0.2, 0) is 12.8 Å². The maximum absolute atomic E-state index is 5.69. The topological polar surface area (TPSA) is 174 Å². The number of nitrogens with zero attached hydrogens (tertiary/aromatic N) is 7. The summed E-state index contributed by atoms with van der Waals surface area (Å²) in [4.78, 5) is 26.3. The van der Waals surface area contributed by atoms with Crippen LogP contribution in [-0.4, -0.2) is 77.6 Å². The number of benzene rings is 4. The fraction of sp³-hybridized carbons (Fsp3) is 0.174. The summed E-state index contributed by atoms with van der Waals surface area (Å²) in [5.74, 6) is 2.63. The molecule has 0 saturated carbocycles. The molecule has 10 aromatic rings. The van der Waals surface area contributed by atoms with Crippen LogP contribution in [0.25, 0.3) is 43.9 Å². The second kappa shape index (κ2) is 16.4. The van der Waals surface area contributed by atoms with Crippen molar-refractivity contribution in [1.29, 1.82) is 0 Å². The SMILES string of the molecule is COc1ccc(C2NCCc3c2[nH]c2ccccc32)cc1.COc1ccc(C2c3[nH]c4ccccc4c3CCN2c2ncnc3[nH]ncc23)cc1.Clc1ncnc2[nH]ncc12. The second-order valence-electron chi connectivity index (χ2n) is 14.8. The van der Waals surface area contributed by atoms with E-state index < -0.39 is 0 Å². The second-order valence-corrected chi connectivity index (χ2v) is 15.1. The van der Waals surface area contributed by atoms with Gasteiger partial charge in [-0.3, -0.25) is 10.2 Å². The molecule has 0 saturated heterocycles. The van der Waals surface area contributed by atoms with Gasteiger partial charge in [0.2, 0.25) is 0 Å². The number of hydrogen-bond donors (Lipinski definition) is 5.